The van der Waals surface area contributed by atoms with Gasteiger partial charge in [0.2, 0.25) is 0 Å². The fourth-order valence-electron chi connectivity index (χ4n) is 2.31. The zero-order valence-electron chi connectivity index (χ0n) is 14.8. The predicted octanol–water partition coefficient (Wildman–Crippen LogP) is 3.62. The minimum absolute atomic E-state index is 0.279. The van der Waals surface area contributed by atoms with Crippen LogP contribution in [0.3, 0.4) is 0 Å². The molecule has 0 unspecified atom stereocenters. The third-order valence-corrected chi connectivity index (χ3v) is 4.73. The van der Waals surface area contributed by atoms with Gasteiger partial charge in [-0.3, -0.25) is 9.59 Å². The Morgan fingerprint density at radius 1 is 1.07 bits per heavy atom. The lowest BCUT2D eigenvalue weighted by Gasteiger charge is -2.17. The van der Waals surface area contributed by atoms with Crippen LogP contribution in [0.5, 0.6) is 0 Å². The Morgan fingerprint density at radius 3 is 2.41 bits per heavy atom. The second kappa shape index (κ2) is 10.7. The standard InChI is InChI=1S/C20H20ClNO4S/c1-27-12-11-17(22-19(24)15-9-5-6-10-16(15)21)20(25)26-13-18(23)14-7-3-2-4-8-14/h2-10,17H,11-13H2,1H3,(H,22,24)/t17-/m1/s1. The number of halogens is 1. The van der Waals surface area contributed by atoms with E-state index >= 15 is 0 Å². The maximum Gasteiger partial charge on any atom is 0.329 e. The maximum atomic E-state index is 12.4. The van der Waals surface area contributed by atoms with Crippen LogP contribution in [0, 0.1) is 0 Å². The van der Waals surface area contributed by atoms with E-state index in [1.54, 1.807) is 66.4 Å². The zero-order chi connectivity index (χ0) is 19.6. The van der Waals surface area contributed by atoms with Crippen molar-refractivity contribution in [3.63, 3.8) is 0 Å². The minimum atomic E-state index is -0.857. The first-order valence-electron chi connectivity index (χ1n) is 8.32. The van der Waals surface area contributed by atoms with Gasteiger partial charge in [0.15, 0.2) is 12.4 Å². The Morgan fingerprint density at radius 2 is 1.74 bits per heavy atom. The van der Waals surface area contributed by atoms with Gasteiger partial charge in [-0.1, -0.05) is 54.1 Å². The van der Waals surface area contributed by atoms with Crippen molar-refractivity contribution in [1.29, 1.82) is 0 Å². The number of carbonyl (C=O) groups is 3. The number of amides is 1. The first kappa shape index (κ1) is 21.0. The lowest BCUT2D eigenvalue weighted by molar-refractivity contribution is -0.144. The van der Waals surface area contributed by atoms with E-state index in [1.165, 1.54) is 0 Å². The summed E-state index contributed by atoms with van der Waals surface area (Å²) in [5.74, 6) is -0.758. The molecule has 0 saturated carbocycles. The smallest absolute Gasteiger partial charge is 0.329 e. The molecule has 0 aliphatic heterocycles. The molecule has 2 rings (SSSR count). The maximum absolute atomic E-state index is 12.4. The molecule has 0 aliphatic rings. The van der Waals surface area contributed by atoms with Gasteiger partial charge in [-0.2, -0.15) is 11.8 Å². The van der Waals surface area contributed by atoms with Gasteiger partial charge in [0.1, 0.15) is 6.04 Å². The zero-order valence-corrected chi connectivity index (χ0v) is 16.4. The van der Waals surface area contributed by atoms with Crippen LogP contribution in [0.15, 0.2) is 54.6 Å². The molecule has 142 valence electrons. The molecule has 7 heteroatoms. The molecule has 5 nitrogen and oxygen atoms in total. The summed E-state index contributed by atoms with van der Waals surface area (Å²) in [6, 6.07) is 14.3. The number of ether oxygens (including phenoxy) is 1. The number of thioether (sulfide) groups is 1. The molecule has 0 bridgehead atoms. The average Bonchev–Trinajstić information content (AvgIpc) is 2.69. The summed E-state index contributed by atoms with van der Waals surface area (Å²) in [4.78, 5) is 36.9. The van der Waals surface area contributed by atoms with Gasteiger partial charge in [-0.25, -0.2) is 4.79 Å². The molecule has 0 heterocycles. The van der Waals surface area contributed by atoms with E-state index in [9.17, 15) is 14.4 Å². The molecule has 1 N–H and O–H groups in total. The number of hydrogen-bond acceptors (Lipinski definition) is 5. The second-order valence-corrected chi connectivity index (χ2v) is 7.08. The van der Waals surface area contributed by atoms with Crippen LogP contribution in [0.4, 0.5) is 0 Å². The summed E-state index contributed by atoms with van der Waals surface area (Å²) < 4.78 is 5.14. The van der Waals surface area contributed by atoms with Crippen LogP contribution < -0.4 is 5.32 Å². The number of ketones is 1. The van der Waals surface area contributed by atoms with E-state index in [-0.39, 0.29) is 18.0 Å². The van der Waals surface area contributed by atoms with Crippen LogP contribution in [-0.2, 0) is 9.53 Å². The highest BCUT2D eigenvalue weighted by Crippen LogP contribution is 2.15. The number of esters is 1. The molecule has 1 amide bonds. The van der Waals surface area contributed by atoms with Crippen LogP contribution in [-0.4, -0.2) is 42.3 Å². The molecular formula is C20H20ClNO4S. The molecule has 2 aromatic carbocycles. The first-order valence-corrected chi connectivity index (χ1v) is 10.1. The Bertz CT molecular complexity index is 798. The number of rotatable bonds is 9. The van der Waals surface area contributed by atoms with Gasteiger partial charge in [0, 0.05) is 5.56 Å². The highest BCUT2D eigenvalue weighted by atomic mass is 35.5. The van der Waals surface area contributed by atoms with E-state index in [1.807, 2.05) is 6.26 Å². The second-order valence-electron chi connectivity index (χ2n) is 5.68. The molecule has 0 spiro atoms. The normalized spacial score (nSPS) is 11.5. The lowest BCUT2D eigenvalue weighted by Crippen LogP contribution is -2.42. The third-order valence-electron chi connectivity index (χ3n) is 3.76. The van der Waals surface area contributed by atoms with Crippen LogP contribution >= 0.6 is 23.4 Å². The summed E-state index contributed by atoms with van der Waals surface area (Å²) in [5, 5.41) is 2.95. The highest BCUT2D eigenvalue weighted by molar-refractivity contribution is 7.98. The number of hydrogen-bond donors (Lipinski definition) is 1. The van der Waals surface area contributed by atoms with Crippen molar-refractivity contribution in [2.75, 3.05) is 18.6 Å². The number of Topliss-reactive ketones (excluding diaryl/α,β-unsaturated/α-hetero) is 1. The van der Waals surface area contributed by atoms with Crippen molar-refractivity contribution in [3.05, 3.63) is 70.7 Å². The Hall–Kier alpha value is -2.31. The summed E-state index contributed by atoms with van der Waals surface area (Å²) >= 11 is 7.57. The number of benzene rings is 2. The van der Waals surface area contributed by atoms with Crippen LogP contribution in [0.1, 0.15) is 27.1 Å². The molecule has 1 atom stereocenters. The fourth-order valence-corrected chi connectivity index (χ4v) is 3.00. The van der Waals surface area contributed by atoms with Crippen molar-refractivity contribution in [2.24, 2.45) is 0 Å². The molecular weight excluding hydrogens is 386 g/mol. The highest BCUT2D eigenvalue weighted by Gasteiger charge is 2.24. The van der Waals surface area contributed by atoms with Gasteiger partial charge in [0.05, 0.1) is 10.6 Å². The summed E-state index contributed by atoms with van der Waals surface area (Å²) in [6.45, 7) is -0.374. The average molecular weight is 406 g/mol. The van der Waals surface area contributed by atoms with Gasteiger partial charge in [-0.05, 0) is 30.6 Å². The predicted molar refractivity (Wildman–Crippen MR) is 107 cm³/mol. The van der Waals surface area contributed by atoms with Gasteiger partial charge in [-0.15, -0.1) is 0 Å². The lowest BCUT2D eigenvalue weighted by atomic mass is 10.1. The summed E-state index contributed by atoms with van der Waals surface area (Å²) in [5.41, 5.74) is 0.743. The van der Waals surface area contributed by atoms with E-state index in [2.05, 4.69) is 5.32 Å². The van der Waals surface area contributed by atoms with E-state index in [0.29, 0.717) is 22.8 Å². The van der Waals surface area contributed by atoms with E-state index < -0.39 is 17.9 Å². The van der Waals surface area contributed by atoms with Crippen molar-refractivity contribution in [1.82, 2.24) is 5.32 Å². The molecule has 27 heavy (non-hydrogen) atoms. The van der Waals surface area contributed by atoms with Crippen molar-refractivity contribution in [2.45, 2.75) is 12.5 Å². The largest absolute Gasteiger partial charge is 0.456 e. The fraction of sp³-hybridized carbons (Fsp3) is 0.250. The van der Waals surface area contributed by atoms with Gasteiger partial charge >= 0.3 is 5.97 Å². The molecule has 0 aliphatic carbocycles. The van der Waals surface area contributed by atoms with Crippen molar-refractivity contribution in [3.8, 4) is 0 Å². The Kier molecular flexibility index (Phi) is 8.36. The van der Waals surface area contributed by atoms with Crippen LogP contribution in [0.2, 0.25) is 5.02 Å². The third kappa shape index (κ3) is 6.41. The quantitative estimate of drug-likeness (QED) is 0.509. The molecule has 0 radical (unpaired) electrons. The molecule has 0 fully saturated rings. The van der Waals surface area contributed by atoms with E-state index in [4.69, 9.17) is 16.3 Å². The topological polar surface area (TPSA) is 72.5 Å². The summed E-state index contributed by atoms with van der Waals surface area (Å²) in [7, 11) is 0. The number of carbonyl (C=O) groups excluding carboxylic acids is 3. The number of nitrogens with one attached hydrogen (secondary N) is 1. The Balaban J connectivity index is 1.99. The Labute approximate surface area is 167 Å². The molecule has 2 aromatic rings. The first-order chi connectivity index (χ1) is 13.0. The molecule has 0 saturated heterocycles. The summed E-state index contributed by atoms with van der Waals surface area (Å²) in [6.07, 6.45) is 2.28. The monoisotopic (exact) mass is 405 g/mol. The molecule has 0 aromatic heterocycles. The van der Waals surface area contributed by atoms with Crippen LogP contribution in [0.25, 0.3) is 0 Å². The minimum Gasteiger partial charge on any atom is -0.456 e. The van der Waals surface area contributed by atoms with E-state index in [0.717, 1.165) is 0 Å². The van der Waals surface area contributed by atoms with Crippen molar-refractivity contribution >= 4 is 41.0 Å². The SMILES string of the molecule is CSCC[C@@H](NC(=O)c1ccccc1Cl)C(=O)OCC(=O)c1ccccc1. The van der Waals surface area contributed by atoms with Gasteiger partial charge < -0.3 is 10.1 Å². The van der Waals surface area contributed by atoms with Gasteiger partial charge in [0.25, 0.3) is 5.91 Å². The van der Waals surface area contributed by atoms with Crippen molar-refractivity contribution < 1.29 is 19.1 Å².